The van der Waals surface area contributed by atoms with Gasteiger partial charge in [-0.05, 0) is 42.2 Å². The van der Waals surface area contributed by atoms with E-state index in [-0.39, 0.29) is 0 Å². The monoisotopic (exact) mass is 285 g/mol. The van der Waals surface area contributed by atoms with Gasteiger partial charge in [-0.15, -0.1) is 0 Å². The molecule has 0 amide bonds. The summed E-state index contributed by atoms with van der Waals surface area (Å²) < 4.78 is 10.6. The van der Waals surface area contributed by atoms with Crippen molar-refractivity contribution in [2.75, 3.05) is 14.2 Å². The highest BCUT2D eigenvalue weighted by Crippen LogP contribution is 2.34. The Bertz CT molecular complexity index is 603. The van der Waals surface area contributed by atoms with E-state index in [0.29, 0.717) is 11.5 Å². The Morgan fingerprint density at radius 3 is 2.00 bits per heavy atom. The molecule has 0 radical (unpaired) electrons. The Balaban J connectivity index is 2.42. The molecule has 1 atom stereocenters. The summed E-state index contributed by atoms with van der Waals surface area (Å²) in [6, 6.07) is 14.2. The minimum absolute atomic E-state index is 0.578. The average molecular weight is 285 g/mol. The van der Waals surface area contributed by atoms with Gasteiger partial charge in [-0.3, -0.25) is 0 Å². The molecule has 0 saturated carbocycles. The maximum atomic E-state index is 6.57. The van der Waals surface area contributed by atoms with E-state index >= 15 is 0 Å². The number of benzene rings is 2. The lowest BCUT2D eigenvalue weighted by molar-refractivity contribution is 0.353. The first-order valence-corrected chi connectivity index (χ1v) is 7.13. The molecule has 0 spiro atoms. The van der Waals surface area contributed by atoms with Crippen molar-refractivity contribution in [2.45, 2.75) is 25.8 Å². The summed E-state index contributed by atoms with van der Waals surface area (Å²) in [5, 5.41) is 0. The Morgan fingerprint density at radius 1 is 0.905 bits per heavy atom. The van der Waals surface area contributed by atoms with Crippen LogP contribution in [0.4, 0.5) is 0 Å². The van der Waals surface area contributed by atoms with Crippen molar-refractivity contribution in [2.24, 2.45) is 5.73 Å². The molecular formula is C18H23NO2. The van der Waals surface area contributed by atoms with E-state index in [1.54, 1.807) is 14.2 Å². The van der Waals surface area contributed by atoms with E-state index in [4.69, 9.17) is 15.2 Å². The smallest absolute Gasteiger partial charge is 0.161 e. The SMILES string of the molecule is CCc1ccc(C(C)(N)c2ccc(OC)c(OC)c2)cc1. The molecular weight excluding hydrogens is 262 g/mol. The third kappa shape index (κ3) is 3.03. The van der Waals surface area contributed by atoms with Crippen molar-refractivity contribution in [1.82, 2.24) is 0 Å². The van der Waals surface area contributed by atoms with Crippen molar-refractivity contribution in [3.8, 4) is 11.5 Å². The number of nitrogens with two attached hydrogens (primary N) is 1. The summed E-state index contributed by atoms with van der Waals surface area (Å²) in [7, 11) is 3.26. The van der Waals surface area contributed by atoms with Gasteiger partial charge in [0.15, 0.2) is 11.5 Å². The van der Waals surface area contributed by atoms with Gasteiger partial charge in [-0.25, -0.2) is 0 Å². The first-order valence-electron chi connectivity index (χ1n) is 7.13. The van der Waals surface area contributed by atoms with Crippen LogP contribution in [0.15, 0.2) is 42.5 Å². The van der Waals surface area contributed by atoms with Crippen molar-refractivity contribution in [3.05, 3.63) is 59.2 Å². The van der Waals surface area contributed by atoms with Crippen molar-refractivity contribution < 1.29 is 9.47 Å². The Hall–Kier alpha value is -2.00. The van der Waals surface area contributed by atoms with Crippen LogP contribution in [0.5, 0.6) is 11.5 Å². The Kier molecular flexibility index (Phi) is 4.53. The van der Waals surface area contributed by atoms with Gasteiger partial charge >= 0.3 is 0 Å². The van der Waals surface area contributed by atoms with Gasteiger partial charge in [0, 0.05) is 0 Å². The summed E-state index contributed by atoms with van der Waals surface area (Å²) >= 11 is 0. The van der Waals surface area contributed by atoms with Crippen LogP contribution in [0.2, 0.25) is 0 Å². The van der Waals surface area contributed by atoms with Crippen LogP contribution >= 0.6 is 0 Å². The van der Waals surface area contributed by atoms with E-state index < -0.39 is 5.54 Å². The molecule has 2 rings (SSSR count). The van der Waals surface area contributed by atoms with Crippen LogP contribution in [0.25, 0.3) is 0 Å². The first-order chi connectivity index (χ1) is 10.0. The molecule has 1 unspecified atom stereocenters. The normalized spacial score (nSPS) is 13.6. The Labute approximate surface area is 126 Å². The average Bonchev–Trinajstić information content (AvgIpc) is 2.54. The summed E-state index contributed by atoms with van der Waals surface area (Å²) in [5.74, 6) is 1.40. The number of aryl methyl sites for hydroxylation is 1. The quantitative estimate of drug-likeness (QED) is 0.914. The fourth-order valence-corrected chi connectivity index (χ4v) is 2.41. The summed E-state index contributed by atoms with van der Waals surface area (Å²) in [6.45, 7) is 4.15. The molecule has 3 nitrogen and oxygen atoms in total. The predicted molar refractivity (Wildman–Crippen MR) is 86.0 cm³/mol. The molecule has 2 aromatic rings. The summed E-state index contributed by atoms with van der Waals surface area (Å²) in [4.78, 5) is 0. The van der Waals surface area contributed by atoms with Gasteiger partial charge < -0.3 is 15.2 Å². The van der Waals surface area contributed by atoms with Gasteiger partial charge in [0.05, 0.1) is 19.8 Å². The number of hydrogen-bond acceptors (Lipinski definition) is 3. The molecule has 0 heterocycles. The highest BCUT2D eigenvalue weighted by atomic mass is 16.5. The molecule has 0 aliphatic carbocycles. The first kappa shape index (κ1) is 15.4. The standard InChI is InChI=1S/C18H23NO2/c1-5-13-6-8-14(9-7-13)18(2,19)15-10-11-16(20-3)17(12-15)21-4/h6-12H,5,19H2,1-4H3. The van der Waals surface area contributed by atoms with E-state index in [1.165, 1.54) is 5.56 Å². The van der Waals surface area contributed by atoms with Crippen LogP contribution < -0.4 is 15.2 Å². The third-order valence-corrected chi connectivity index (χ3v) is 3.95. The van der Waals surface area contributed by atoms with E-state index in [2.05, 4.69) is 31.2 Å². The second-order valence-electron chi connectivity index (χ2n) is 5.32. The van der Waals surface area contributed by atoms with Crippen LogP contribution in [-0.4, -0.2) is 14.2 Å². The van der Waals surface area contributed by atoms with Gasteiger partial charge in [-0.1, -0.05) is 37.3 Å². The fourth-order valence-electron chi connectivity index (χ4n) is 2.41. The van der Waals surface area contributed by atoms with Crippen LogP contribution in [-0.2, 0) is 12.0 Å². The molecule has 0 fully saturated rings. The molecule has 0 saturated heterocycles. The third-order valence-electron chi connectivity index (χ3n) is 3.95. The highest BCUT2D eigenvalue weighted by Gasteiger charge is 2.25. The van der Waals surface area contributed by atoms with E-state index in [0.717, 1.165) is 17.5 Å². The number of hydrogen-bond donors (Lipinski definition) is 1. The molecule has 0 aliphatic rings. The maximum Gasteiger partial charge on any atom is 0.161 e. The predicted octanol–water partition coefficient (Wildman–Crippen LogP) is 3.49. The molecule has 0 aromatic heterocycles. The minimum atomic E-state index is -0.578. The zero-order chi connectivity index (χ0) is 15.5. The number of ether oxygens (including phenoxy) is 2. The number of methoxy groups -OCH3 is 2. The lowest BCUT2D eigenvalue weighted by Crippen LogP contribution is -2.34. The van der Waals surface area contributed by atoms with Crippen molar-refractivity contribution in [1.29, 1.82) is 0 Å². The minimum Gasteiger partial charge on any atom is -0.493 e. The van der Waals surface area contributed by atoms with Gasteiger partial charge in [0.25, 0.3) is 0 Å². The Morgan fingerprint density at radius 2 is 1.48 bits per heavy atom. The summed E-state index contributed by atoms with van der Waals surface area (Å²) in [6.07, 6.45) is 1.03. The fraction of sp³-hybridized carbons (Fsp3) is 0.333. The molecule has 2 aromatic carbocycles. The van der Waals surface area contributed by atoms with Crippen molar-refractivity contribution in [3.63, 3.8) is 0 Å². The lowest BCUT2D eigenvalue weighted by atomic mass is 9.85. The zero-order valence-electron chi connectivity index (χ0n) is 13.1. The van der Waals surface area contributed by atoms with Gasteiger partial charge in [0.1, 0.15) is 0 Å². The summed E-state index contributed by atoms with van der Waals surface area (Å²) in [5.41, 5.74) is 9.37. The molecule has 112 valence electrons. The van der Waals surface area contributed by atoms with Gasteiger partial charge in [0.2, 0.25) is 0 Å². The topological polar surface area (TPSA) is 44.5 Å². The lowest BCUT2D eigenvalue weighted by Gasteiger charge is -2.27. The second-order valence-corrected chi connectivity index (χ2v) is 5.32. The molecule has 0 bridgehead atoms. The van der Waals surface area contributed by atoms with Crippen LogP contribution in [0.1, 0.15) is 30.5 Å². The number of rotatable bonds is 5. The van der Waals surface area contributed by atoms with E-state index in [9.17, 15) is 0 Å². The van der Waals surface area contributed by atoms with E-state index in [1.807, 2.05) is 25.1 Å². The molecule has 21 heavy (non-hydrogen) atoms. The molecule has 2 N–H and O–H groups in total. The molecule has 3 heteroatoms. The van der Waals surface area contributed by atoms with Crippen molar-refractivity contribution >= 4 is 0 Å². The highest BCUT2D eigenvalue weighted by molar-refractivity contribution is 5.48. The second kappa shape index (κ2) is 6.19. The van der Waals surface area contributed by atoms with Crippen LogP contribution in [0, 0.1) is 0 Å². The molecule has 0 aliphatic heterocycles. The maximum absolute atomic E-state index is 6.57. The largest absolute Gasteiger partial charge is 0.493 e. The van der Waals surface area contributed by atoms with Crippen LogP contribution in [0.3, 0.4) is 0 Å². The zero-order valence-corrected chi connectivity index (χ0v) is 13.1. The van der Waals surface area contributed by atoms with Gasteiger partial charge in [-0.2, -0.15) is 0 Å².